The van der Waals surface area contributed by atoms with Gasteiger partial charge in [-0.3, -0.25) is 0 Å². The third kappa shape index (κ3) is 7.75. The van der Waals surface area contributed by atoms with Crippen LogP contribution in [0.3, 0.4) is 0 Å². The summed E-state index contributed by atoms with van der Waals surface area (Å²) in [6.45, 7) is 20.0. The van der Waals surface area contributed by atoms with Gasteiger partial charge in [-0.25, -0.2) is 4.98 Å². The quantitative estimate of drug-likeness (QED) is 0.443. The molecule has 21 heavy (non-hydrogen) atoms. The smallest absolute Gasteiger partial charge is 0.112 e. The Hall–Kier alpha value is 0.794. The molecule has 0 atom stereocenters. The minimum atomic E-state index is 0. The van der Waals surface area contributed by atoms with Crippen molar-refractivity contribution in [1.29, 1.82) is 0 Å². The number of rotatable bonds is 0. The maximum absolute atomic E-state index is 4.86. The number of aromatic nitrogens is 2. The molecule has 0 saturated heterocycles. The van der Waals surface area contributed by atoms with Crippen molar-refractivity contribution in [3.05, 3.63) is 17.2 Å². The second kappa shape index (κ2) is 9.18. The second-order valence-corrected chi connectivity index (χ2v) is 8.06. The molecule has 0 aliphatic rings. The number of imidazole rings is 1. The van der Waals surface area contributed by atoms with Gasteiger partial charge in [0.25, 0.3) is 0 Å². The van der Waals surface area contributed by atoms with Crippen LogP contribution < -0.4 is 37.2 Å². The molecule has 1 heterocycles. The summed E-state index contributed by atoms with van der Waals surface area (Å²) >= 11 is 0. The molecule has 6 heteroatoms. The summed E-state index contributed by atoms with van der Waals surface area (Å²) in [5.74, 6) is 1.09. The third-order valence-electron chi connectivity index (χ3n) is 2.87. The van der Waals surface area contributed by atoms with Crippen LogP contribution in [0.2, 0.25) is 0 Å². The molecule has 0 bridgehead atoms. The van der Waals surface area contributed by atoms with Gasteiger partial charge in [0.05, 0.1) is 5.69 Å². The van der Waals surface area contributed by atoms with Crippen molar-refractivity contribution in [3.8, 4) is 0 Å². The summed E-state index contributed by atoms with van der Waals surface area (Å²) in [4.78, 5) is 8.42. The monoisotopic (exact) mass is 389 g/mol. The molecule has 1 N–H and O–H groups in total. The van der Waals surface area contributed by atoms with Crippen molar-refractivity contribution in [3.63, 3.8) is 0 Å². The molecule has 0 fully saturated rings. The van der Waals surface area contributed by atoms with Gasteiger partial charge in [-0.05, 0) is 0 Å². The first-order chi connectivity index (χ1) is 7.33. The maximum atomic E-state index is 4.86. The Bertz CT molecular complexity index is 379. The van der Waals surface area contributed by atoms with E-state index in [1.54, 1.807) is 0 Å². The van der Waals surface area contributed by atoms with Crippen LogP contribution in [0.1, 0.15) is 79.5 Å². The summed E-state index contributed by atoms with van der Waals surface area (Å²) in [6.07, 6.45) is 0. The standard InChI is InChI=1S/C15H28N2.3ClH.Ti/c1-13(2,3)10-11(14(4,5)6)17-12(16-10)15(7,8)9;;;;/h1-9H3,(H,16,17);3*1H;/p-3. The normalized spacial score (nSPS) is 11.5. The number of H-pyrrole nitrogens is 1. The molecule has 0 spiro atoms. The van der Waals surface area contributed by atoms with Crippen LogP contribution in [0.5, 0.6) is 0 Å². The summed E-state index contributed by atoms with van der Waals surface area (Å²) in [6, 6.07) is 0. The molecule has 0 amide bonds. The number of hydrogen-bond acceptors (Lipinski definition) is 1. The van der Waals surface area contributed by atoms with Crippen molar-refractivity contribution in [1.82, 2.24) is 9.97 Å². The second-order valence-electron chi connectivity index (χ2n) is 8.06. The molecule has 0 unspecified atom stereocenters. The minimum absolute atomic E-state index is 0. The number of nitrogens with zero attached hydrogens (tertiary/aromatic N) is 1. The fourth-order valence-electron chi connectivity index (χ4n) is 1.81. The molecule has 1 rings (SSSR count). The van der Waals surface area contributed by atoms with Gasteiger partial charge in [0, 0.05) is 43.7 Å². The van der Waals surface area contributed by atoms with E-state index >= 15 is 0 Å². The van der Waals surface area contributed by atoms with E-state index in [0.717, 1.165) is 5.82 Å². The molecule has 0 saturated carbocycles. The predicted octanol–water partition coefficient (Wildman–Crippen LogP) is -4.69. The van der Waals surface area contributed by atoms with E-state index in [1.165, 1.54) is 11.4 Å². The van der Waals surface area contributed by atoms with E-state index in [4.69, 9.17) is 4.98 Å². The zero-order valence-electron chi connectivity index (χ0n) is 14.6. The first-order valence-electron chi connectivity index (χ1n) is 6.45. The van der Waals surface area contributed by atoms with Crippen LogP contribution in [0.4, 0.5) is 0 Å². The number of hydrogen-bond donors (Lipinski definition) is 1. The first kappa shape index (κ1) is 29.8. The van der Waals surface area contributed by atoms with Gasteiger partial charge in [0.1, 0.15) is 5.82 Å². The molecule has 0 aromatic carbocycles. The Morgan fingerprint density at radius 2 is 1.05 bits per heavy atom. The summed E-state index contributed by atoms with van der Waals surface area (Å²) in [5, 5.41) is 0. The van der Waals surface area contributed by atoms with Gasteiger partial charge in [0.15, 0.2) is 0 Å². The van der Waals surface area contributed by atoms with E-state index in [9.17, 15) is 0 Å². The van der Waals surface area contributed by atoms with Crippen LogP contribution >= 0.6 is 0 Å². The Morgan fingerprint density at radius 3 is 1.24 bits per heavy atom. The van der Waals surface area contributed by atoms with E-state index in [2.05, 4.69) is 67.3 Å². The fraction of sp³-hybridized carbons (Fsp3) is 0.800. The topological polar surface area (TPSA) is 28.7 Å². The van der Waals surface area contributed by atoms with Crippen molar-refractivity contribution < 1.29 is 58.9 Å². The number of halogens is 3. The fourth-order valence-corrected chi connectivity index (χ4v) is 1.81. The van der Waals surface area contributed by atoms with Crippen LogP contribution in [0.25, 0.3) is 0 Å². The molecule has 0 radical (unpaired) electrons. The zero-order valence-corrected chi connectivity index (χ0v) is 18.4. The molecular formula is C15H28Cl3N2Ti-3. The Labute approximate surface area is 164 Å². The molecule has 2 nitrogen and oxygen atoms in total. The van der Waals surface area contributed by atoms with E-state index in [-0.39, 0.29) is 75.2 Å². The van der Waals surface area contributed by atoms with Crippen molar-refractivity contribution in [2.75, 3.05) is 0 Å². The van der Waals surface area contributed by atoms with Crippen LogP contribution in [0.15, 0.2) is 0 Å². The minimum Gasteiger partial charge on any atom is -1.00 e. The Kier molecular flexibility index (Phi) is 13.0. The van der Waals surface area contributed by atoms with E-state index in [1.807, 2.05) is 0 Å². The molecular weight excluding hydrogens is 362 g/mol. The van der Waals surface area contributed by atoms with Gasteiger partial charge in [-0.2, -0.15) is 0 Å². The van der Waals surface area contributed by atoms with Crippen LogP contribution in [-0.2, 0) is 38.0 Å². The van der Waals surface area contributed by atoms with Gasteiger partial charge in [0.2, 0.25) is 0 Å². The molecule has 1 aromatic heterocycles. The zero-order chi connectivity index (χ0) is 13.6. The summed E-state index contributed by atoms with van der Waals surface area (Å²) in [5.41, 5.74) is 2.75. The van der Waals surface area contributed by atoms with Gasteiger partial charge >= 0.3 is 0 Å². The van der Waals surface area contributed by atoms with Crippen LogP contribution in [-0.4, -0.2) is 9.97 Å². The molecule has 126 valence electrons. The third-order valence-corrected chi connectivity index (χ3v) is 2.87. The average molecular weight is 391 g/mol. The summed E-state index contributed by atoms with van der Waals surface area (Å²) in [7, 11) is 0. The van der Waals surface area contributed by atoms with Crippen molar-refractivity contribution in [2.45, 2.75) is 78.6 Å². The van der Waals surface area contributed by atoms with E-state index < -0.39 is 0 Å². The summed E-state index contributed by atoms with van der Waals surface area (Å²) < 4.78 is 0. The largest absolute Gasteiger partial charge is 1.00 e. The number of nitrogens with one attached hydrogen (secondary N) is 1. The number of aromatic amines is 1. The van der Waals surface area contributed by atoms with Gasteiger partial charge in [-0.1, -0.05) is 62.3 Å². The molecule has 1 aromatic rings. The molecule has 0 aliphatic heterocycles. The average Bonchev–Trinajstić information content (AvgIpc) is 2.42. The van der Waals surface area contributed by atoms with Crippen molar-refractivity contribution >= 4 is 0 Å². The first-order valence-corrected chi connectivity index (χ1v) is 6.45. The van der Waals surface area contributed by atoms with Crippen molar-refractivity contribution in [2.24, 2.45) is 0 Å². The van der Waals surface area contributed by atoms with Gasteiger partial charge in [-0.15, -0.1) is 0 Å². The molecule has 0 aliphatic carbocycles. The van der Waals surface area contributed by atoms with Gasteiger partial charge < -0.3 is 42.2 Å². The Morgan fingerprint density at radius 1 is 0.667 bits per heavy atom. The predicted molar refractivity (Wildman–Crippen MR) is 74.7 cm³/mol. The maximum Gasteiger partial charge on any atom is 0.112 e. The van der Waals surface area contributed by atoms with Crippen LogP contribution in [0, 0.1) is 0 Å². The van der Waals surface area contributed by atoms with E-state index in [0.29, 0.717) is 0 Å². The Balaban J connectivity index is -0.000000361. The SMILES string of the molecule is CC(C)(C)c1nc(C(C)(C)C)c(C(C)(C)C)[nH]1.[Cl-].[Cl-].[Cl-].[Ti].